The van der Waals surface area contributed by atoms with E-state index in [0.29, 0.717) is 35.7 Å². The number of ether oxygens (including phenoxy) is 2. The lowest BCUT2D eigenvalue weighted by Gasteiger charge is -2.25. The Balaban J connectivity index is 1.42. The second-order valence-corrected chi connectivity index (χ2v) is 7.64. The van der Waals surface area contributed by atoms with Crippen LogP contribution in [-0.4, -0.2) is 56.5 Å². The van der Waals surface area contributed by atoms with E-state index in [1.165, 1.54) is 0 Å². The minimum atomic E-state index is -0.435. The molecule has 3 aliphatic rings. The predicted octanol–water partition coefficient (Wildman–Crippen LogP) is 3.08. The number of benzene rings is 2. The van der Waals surface area contributed by atoms with Crippen molar-refractivity contribution >= 4 is 23.1 Å². The lowest BCUT2D eigenvalue weighted by atomic mass is 10.0. The van der Waals surface area contributed by atoms with Crippen LogP contribution >= 0.6 is 0 Å². The molecule has 0 radical (unpaired) electrons. The maximum Gasteiger partial charge on any atom is 0.238 e. The van der Waals surface area contributed by atoms with Gasteiger partial charge in [-0.1, -0.05) is 12.1 Å². The molecule has 1 N–H and O–H groups in total. The molecule has 8 nitrogen and oxygen atoms in total. The number of fused-ring (bicyclic) bond motifs is 3. The van der Waals surface area contributed by atoms with Gasteiger partial charge < -0.3 is 14.8 Å². The molecule has 0 bridgehead atoms. The fourth-order valence-corrected chi connectivity index (χ4v) is 4.21. The quantitative estimate of drug-likeness (QED) is 0.806. The molecule has 2 aromatic carbocycles. The highest BCUT2D eigenvalue weighted by molar-refractivity contribution is 6.22. The van der Waals surface area contributed by atoms with E-state index >= 15 is 0 Å². The first kappa shape index (κ1) is 19.6. The molecule has 158 valence electrons. The zero-order valence-corrected chi connectivity index (χ0v) is 17.1. The minimum Gasteiger partial charge on any atom is -0.497 e. The highest BCUT2D eigenvalue weighted by Crippen LogP contribution is 2.49. The molecular formula is C23H22N4O4. The Kier molecular flexibility index (Phi) is 5.09. The van der Waals surface area contributed by atoms with E-state index in [-0.39, 0.29) is 18.2 Å². The van der Waals surface area contributed by atoms with Crippen molar-refractivity contribution in [3.05, 3.63) is 64.7 Å². The van der Waals surface area contributed by atoms with Crippen molar-refractivity contribution in [2.45, 2.75) is 6.04 Å². The van der Waals surface area contributed by atoms with E-state index in [2.05, 4.69) is 15.5 Å². The molecule has 1 amide bonds. The first-order chi connectivity index (χ1) is 15.2. The van der Waals surface area contributed by atoms with Crippen molar-refractivity contribution in [2.24, 2.45) is 10.2 Å². The van der Waals surface area contributed by atoms with Crippen LogP contribution in [0.1, 0.15) is 27.5 Å². The molecule has 0 spiro atoms. The van der Waals surface area contributed by atoms with Crippen LogP contribution in [0.2, 0.25) is 0 Å². The third-order valence-corrected chi connectivity index (χ3v) is 5.77. The number of morpholine rings is 1. The van der Waals surface area contributed by atoms with Gasteiger partial charge in [0.1, 0.15) is 17.5 Å². The highest BCUT2D eigenvalue weighted by atomic mass is 16.5. The van der Waals surface area contributed by atoms with Gasteiger partial charge in [-0.3, -0.25) is 14.5 Å². The number of rotatable bonds is 5. The molecular weight excluding hydrogens is 396 g/mol. The molecule has 2 aliphatic heterocycles. The summed E-state index contributed by atoms with van der Waals surface area (Å²) in [5.41, 5.74) is 3.72. The normalized spacial score (nSPS) is 20.0. The Bertz CT molecular complexity index is 1100. The van der Waals surface area contributed by atoms with Crippen LogP contribution in [0.5, 0.6) is 5.75 Å². The molecule has 1 saturated heterocycles. The summed E-state index contributed by atoms with van der Waals surface area (Å²) in [7, 11) is 1.61. The standard InChI is InChI=1S/C23H22N4O4/c1-30-15-7-5-14(6-8-15)21-20-22(26-25-21)16-3-2-4-17(19(16)23(20)29)24-18(28)13-27-9-11-31-12-10-27/h2-8,22H,9-13H2,1H3,(H,24,28). The van der Waals surface area contributed by atoms with E-state index in [1.807, 2.05) is 41.3 Å². The molecule has 5 rings (SSSR count). The average molecular weight is 418 g/mol. The van der Waals surface area contributed by atoms with Crippen molar-refractivity contribution in [1.29, 1.82) is 0 Å². The average Bonchev–Trinajstić information content (AvgIpc) is 3.35. The Morgan fingerprint density at radius 1 is 1.19 bits per heavy atom. The van der Waals surface area contributed by atoms with Crippen molar-refractivity contribution in [3.63, 3.8) is 0 Å². The number of hydrogen-bond donors (Lipinski definition) is 1. The lowest BCUT2D eigenvalue weighted by Crippen LogP contribution is -2.41. The monoisotopic (exact) mass is 418 g/mol. The molecule has 2 heterocycles. The molecule has 1 unspecified atom stereocenters. The third kappa shape index (κ3) is 3.54. The fraction of sp³-hybridized carbons (Fsp3) is 0.304. The largest absolute Gasteiger partial charge is 0.497 e. The zero-order valence-electron chi connectivity index (χ0n) is 17.1. The lowest BCUT2D eigenvalue weighted by molar-refractivity contribution is -0.118. The van der Waals surface area contributed by atoms with Crippen LogP contribution in [0.3, 0.4) is 0 Å². The molecule has 1 aliphatic carbocycles. The number of amides is 1. The Hall–Kier alpha value is -3.36. The van der Waals surface area contributed by atoms with Gasteiger partial charge in [0.15, 0.2) is 5.78 Å². The number of hydrogen-bond acceptors (Lipinski definition) is 7. The van der Waals surface area contributed by atoms with Crippen LogP contribution in [0.4, 0.5) is 5.69 Å². The molecule has 31 heavy (non-hydrogen) atoms. The Labute approximate surface area is 179 Å². The second kappa shape index (κ2) is 8.05. The van der Waals surface area contributed by atoms with Gasteiger partial charge in [-0.2, -0.15) is 10.2 Å². The van der Waals surface area contributed by atoms with E-state index in [4.69, 9.17) is 9.47 Å². The van der Waals surface area contributed by atoms with Crippen LogP contribution < -0.4 is 10.1 Å². The number of Topliss-reactive ketones (excluding diaryl/α,β-unsaturated/α-hetero) is 1. The topological polar surface area (TPSA) is 92.6 Å². The number of nitrogens with one attached hydrogen (secondary N) is 1. The summed E-state index contributed by atoms with van der Waals surface area (Å²) in [6.07, 6.45) is 0. The molecule has 2 aromatic rings. The highest BCUT2D eigenvalue weighted by Gasteiger charge is 2.42. The van der Waals surface area contributed by atoms with Gasteiger partial charge in [0, 0.05) is 18.7 Å². The van der Waals surface area contributed by atoms with Crippen molar-refractivity contribution in [1.82, 2.24) is 4.90 Å². The van der Waals surface area contributed by atoms with E-state index < -0.39 is 6.04 Å². The van der Waals surface area contributed by atoms with Crippen LogP contribution in [0.25, 0.3) is 5.70 Å². The summed E-state index contributed by atoms with van der Waals surface area (Å²) in [6, 6.07) is 12.4. The number of nitrogens with zero attached hydrogens (tertiary/aromatic N) is 3. The molecule has 1 fully saturated rings. The van der Waals surface area contributed by atoms with Gasteiger partial charge in [-0.05, 0) is 35.9 Å². The van der Waals surface area contributed by atoms with Gasteiger partial charge in [0.25, 0.3) is 0 Å². The SMILES string of the molecule is COc1ccc(C2=C3C(=O)c4c(NC(=O)CN5CCOCC5)cccc4C3N=N2)cc1. The summed E-state index contributed by atoms with van der Waals surface area (Å²) in [5, 5.41) is 11.6. The smallest absolute Gasteiger partial charge is 0.238 e. The number of methoxy groups -OCH3 is 1. The number of carbonyl (C=O) groups is 2. The van der Waals surface area contributed by atoms with Crippen molar-refractivity contribution in [2.75, 3.05) is 45.3 Å². The molecule has 1 atom stereocenters. The number of anilines is 1. The Morgan fingerprint density at radius 2 is 1.97 bits per heavy atom. The van der Waals surface area contributed by atoms with E-state index in [9.17, 15) is 9.59 Å². The number of ketones is 1. The predicted molar refractivity (Wildman–Crippen MR) is 114 cm³/mol. The first-order valence-electron chi connectivity index (χ1n) is 10.2. The third-order valence-electron chi connectivity index (χ3n) is 5.77. The minimum absolute atomic E-state index is 0.141. The van der Waals surface area contributed by atoms with Gasteiger partial charge in [-0.25, -0.2) is 0 Å². The zero-order chi connectivity index (χ0) is 21.4. The summed E-state index contributed by atoms with van der Waals surface area (Å²) in [5.74, 6) is 0.441. The van der Waals surface area contributed by atoms with Gasteiger partial charge in [0.05, 0.1) is 43.7 Å². The van der Waals surface area contributed by atoms with Gasteiger partial charge in [0.2, 0.25) is 5.91 Å². The molecule has 0 aromatic heterocycles. The van der Waals surface area contributed by atoms with Crippen LogP contribution in [0.15, 0.2) is 58.3 Å². The van der Waals surface area contributed by atoms with Crippen molar-refractivity contribution in [3.8, 4) is 5.75 Å². The second-order valence-electron chi connectivity index (χ2n) is 7.64. The van der Waals surface area contributed by atoms with Gasteiger partial charge >= 0.3 is 0 Å². The van der Waals surface area contributed by atoms with Crippen LogP contribution in [-0.2, 0) is 9.53 Å². The fourth-order valence-electron chi connectivity index (χ4n) is 4.21. The maximum absolute atomic E-state index is 13.4. The van der Waals surface area contributed by atoms with E-state index in [0.717, 1.165) is 30.0 Å². The Morgan fingerprint density at radius 3 is 2.71 bits per heavy atom. The van der Waals surface area contributed by atoms with E-state index in [1.54, 1.807) is 13.2 Å². The van der Waals surface area contributed by atoms with Gasteiger partial charge in [-0.15, -0.1) is 0 Å². The molecule has 0 saturated carbocycles. The van der Waals surface area contributed by atoms with Crippen LogP contribution in [0, 0.1) is 0 Å². The molecule has 8 heteroatoms. The number of carbonyl (C=O) groups excluding carboxylic acids is 2. The van der Waals surface area contributed by atoms with Crippen molar-refractivity contribution < 1.29 is 19.1 Å². The first-order valence-corrected chi connectivity index (χ1v) is 10.2. The maximum atomic E-state index is 13.4. The summed E-state index contributed by atoms with van der Waals surface area (Å²) in [6.45, 7) is 2.97. The number of azo groups is 1. The summed E-state index contributed by atoms with van der Waals surface area (Å²) < 4.78 is 10.5. The summed E-state index contributed by atoms with van der Waals surface area (Å²) >= 11 is 0. The summed E-state index contributed by atoms with van der Waals surface area (Å²) in [4.78, 5) is 28.0.